The van der Waals surface area contributed by atoms with Crippen LogP contribution in [0.2, 0.25) is 0 Å². The molecule has 0 aromatic heterocycles. The van der Waals surface area contributed by atoms with Gasteiger partial charge < -0.3 is 4.72 Å². The zero-order chi connectivity index (χ0) is 8.10. The van der Waals surface area contributed by atoms with Crippen LogP contribution in [0.1, 0.15) is 33.1 Å². The molecule has 1 N–H and O–H groups in total. The van der Waals surface area contributed by atoms with E-state index in [0.29, 0.717) is 0 Å². The maximum Gasteiger partial charge on any atom is 0.0187 e. The highest BCUT2D eigenvalue weighted by Crippen LogP contribution is 2.40. The predicted molar refractivity (Wildman–Crippen MR) is 55.4 cm³/mol. The molecule has 0 saturated heterocycles. The topological polar surface area (TPSA) is 12.0 Å². The van der Waals surface area contributed by atoms with Gasteiger partial charge in [0.05, 0.1) is 0 Å². The molecule has 11 heavy (non-hydrogen) atoms. The minimum Gasteiger partial charge on any atom is -0.325 e. The van der Waals surface area contributed by atoms with E-state index in [4.69, 9.17) is 0 Å². The summed E-state index contributed by atoms with van der Waals surface area (Å²) in [4.78, 5) is 0. The summed E-state index contributed by atoms with van der Waals surface area (Å²) in [6.45, 7) is 4.27. The molecule has 1 aliphatic carbocycles. The molecule has 1 saturated carbocycles. The molecule has 0 bridgehead atoms. The summed E-state index contributed by atoms with van der Waals surface area (Å²) in [6.07, 6.45) is 6.15. The fourth-order valence-corrected chi connectivity index (χ4v) is 2.92. The number of allylic oxidation sites excluding steroid dienone is 2. The molecule has 0 unspecified atom stereocenters. The van der Waals surface area contributed by atoms with Crippen molar-refractivity contribution in [1.29, 1.82) is 0 Å². The summed E-state index contributed by atoms with van der Waals surface area (Å²) < 4.78 is 3.30. The van der Waals surface area contributed by atoms with Crippen molar-refractivity contribution in [1.82, 2.24) is 4.72 Å². The molecule has 0 aromatic carbocycles. The number of nitrogens with one attached hydrogen (secondary N) is 1. The van der Waals surface area contributed by atoms with E-state index < -0.39 is 0 Å². The Labute approximate surface area is 76.9 Å². The summed E-state index contributed by atoms with van der Waals surface area (Å²) in [6, 6.07) is 0. The van der Waals surface area contributed by atoms with E-state index in [0.717, 1.165) is 11.7 Å². The SMILES string of the molecule is CC/C=C(\C)NSSC1CC1. The van der Waals surface area contributed by atoms with Crippen molar-refractivity contribution >= 4 is 21.8 Å². The van der Waals surface area contributed by atoms with Crippen LogP contribution in [-0.4, -0.2) is 5.25 Å². The minimum atomic E-state index is 0.932. The van der Waals surface area contributed by atoms with E-state index >= 15 is 0 Å². The van der Waals surface area contributed by atoms with Crippen molar-refractivity contribution in [3.63, 3.8) is 0 Å². The van der Waals surface area contributed by atoms with Crippen LogP contribution >= 0.6 is 21.8 Å². The summed E-state index contributed by atoms with van der Waals surface area (Å²) in [5.41, 5.74) is 1.28. The van der Waals surface area contributed by atoms with Crippen molar-refractivity contribution in [3.8, 4) is 0 Å². The summed E-state index contributed by atoms with van der Waals surface area (Å²) in [5.74, 6) is 0. The van der Waals surface area contributed by atoms with Crippen molar-refractivity contribution in [2.24, 2.45) is 0 Å². The molecule has 64 valence electrons. The van der Waals surface area contributed by atoms with Gasteiger partial charge in [-0.05, 0) is 26.2 Å². The zero-order valence-electron chi connectivity index (χ0n) is 7.09. The molecule has 3 heteroatoms. The van der Waals surface area contributed by atoms with Gasteiger partial charge in [0.1, 0.15) is 0 Å². The van der Waals surface area contributed by atoms with Crippen molar-refractivity contribution in [2.75, 3.05) is 0 Å². The van der Waals surface area contributed by atoms with Gasteiger partial charge in [-0.2, -0.15) is 0 Å². The maximum atomic E-state index is 3.30. The fourth-order valence-electron chi connectivity index (χ4n) is 0.670. The highest BCUT2D eigenvalue weighted by molar-refractivity contribution is 8.76. The van der Waals surface area contributed by atoms with Crippen LogP contribution in [-0.2, 0) is 0 Å². The van der Waals surface area contributed by atoms with Crippen LogP contribution in [0, 0.1) is 0 Å². The van der Waals surface area contributed by atoms with Gasteiger partial charge in [0.2, 0.25) is 0 Å². The standard InChI is InChI=1S/C8H15NS2/c1-3-4-7(2)9-11-10-8-5-6-8/h4,8-9H,3,5-6H2,1-2H3/b7-4+. The number of rotatable bonds is 5. The van der Waals surface area contributed by atoms with E-state index in [1.54, 1.807) is 11.0 Å². The molecule has 1 rings (SSSR count). The van der Waals surface area contributed by atoms with Crippen LogP contribution in [0.3, 0.4) is 0 Å². The molecule has 0 atom stereocenters. The van der Waals surface area contributed by atoms with Crippen LogP contribution in [0.5, 0.6) is 0 Å². The molecule has 0 aliphatic heterocycles. The van der Waals surface area contributed by atoms with E-state index in [1.807, 2.05) is 10.8 Å². The third kappa shape index (κ3) is 4.64. The first-order valence-corrected chi connectivity index (χ1v) is 6.29. The Morgan fingerprint density at radius 3 is 2.91 bits per heavy atom. The second kappa shape index (κ2) is 4.99. The molecule has 0 radical (unpaired) electrons. The normalized spacial score (nSPS) is 18.5. The molecule has 0 amide bonds. The quantitative estimate of drug-likeness (QED) is 0.526. The highest BCUT2D eigenvalue weighted by atomic mass is 33.1. The van der Waals surface area contributed by atoms with E-state index in [1.165, 1.54) is 18.5 Å². The lowest BCUT2D eigenvalue weighted by Gasteiger charge is -2.02. The summed E-state index contributed by atoms with van der Waals surface area (Å²) in [5, 5.41) is 0.932. The Kier molecular flexibility index (Phi) is 4.23. The van der Waals surface area contributed by atoms with E-state index in [-0.39, 0.29) is 0 Å². The average molecular weight is 189 g/mol. The van der Waals surface area contributed by atoms with Gasteiger partial charge in [-0.3, -0.25) is 0 Å². The van der Waals surface area contributed by atoms with Crippen LogP contribution in [0.25, 0.3) is 0 Å². The first-order valence-electron chi connectivity index (χ1n) is 4.08. The Morgan fingerprint density at radius 2 is 2.36 bits per heavy atom. The van der Waals surface area contributed by atoms with Crippen LogP contribution in [0.15, 0.2) is 11.8 Å². The van der Waals surface area contributed by atoms with E-state index in [2.05, 4.69) is 24.6 Å². The smallest absolute Gasteiger partial charge is 0.0187 e. The van der Waals surface area contributed by atoms with Crippen molar-refractivity contribution in [2.45, 2.75) is 38.4 Å². The van der Waals surface area contributed by atoms with Gasteiger partial charge in [-0.1, -0.05) is 23.8 Å². The Hall–Kier alpha value is 0.240. The Bertz CT molecular complexity index is 141. The second-order valence-corrected chi connectivity index (χ2v) is 5.08. The molecular formula is C8H15NS2. The van der Waals surface area contributed by atoms with Crippen LogP contribution in [0.4, 0.5) is 0 Å². The molecule has 1 aliphatic rings. The van der Waals surface area contributed by atoms with Crippen LogP contribution < -0.4 is 4.72 Å². The molecular weight excluding hydrogens is 174 g/mol. The van der Waals surface area contributed by atoms with Gasteiger partial charge in [0.15, 0.2) is 0 Å². The Morgan fingerprint density at radius 1 is 1.64 bits per heavy atom. The van der Waals surface area contributed by atoms with Crippen molar-refractivity contribution in [3.05, 3.63) is 11.8 Å². The molecule has 1 fully saturated rings. The van der Waals surface area contributed by atoms with Gasteiger partial charge in [-0.15, -0.1) is 0 Å². The zero-order valence-corrected chi connectivity index (χ0v) is 8.73. The number of hydrogen-bond donors (Lipinski definition) is 1. The monoisotopic (exact) mass is 189 g/mol. The first kappa shape index (κ1) is 9.33. The molecule has 1 nitrogen and oxygen atoms in total. The predicted octanol–water partition coefficient (Wildman–Crippen LogP) is 3.35. The average Bonchev–Trinajstić information content (AvgIpc) is 2.72. The fraction of sp³-hybridized carbons (Fsp3) is 0.750. The third-order valence-electron chi connectivity index (χ3n) is 1.42. The van der Waals surface area contributed by atoms with E-state index in [9.17, 15) is 0 Å². The van der Waals surface area contributed by atoms with Gasteiger partial charge in [-0.25, -0.2) is 0 Å². The highest BCUT2D eigenvalue weighted by Gasteiger charge is 2.21. The lowest BCUT2D eigenvalue weighted by molar-refractivity contribution is 1.12. The van der Waals surface area contributed by atoms with Gasteiger partial charge in [0.25, 0.3) is 0 Å². The lowest BCUT2D eigenvalue weighted by Crippen LogP contribution is -1.96. The minimum absolute atomic E-state index is 0.932. The molecule has 0 heterocycles. The van der Waals surface area contributed by atoms with Gasteiger partial charge in [0, 0.05) is 21.9 Å². The maximum absolute atomic E-state index is 3.30. The summed E-state index contributed by atoms with van der Waals surface area (Å²) >= 11 is 0. The third-order valence-corrected chi connectivity index (χ3v) is 4.02. The molecule has 0 spiro atoms. The molecule has 0 aromatic rings. The lowest BCUT2D eigenvalue weighted by atomic mass is 10.4. The summed E-state index contributed by atoms with van der Waals surface area (Å²) in [7, 11) is 3.73. The number of hydrogen-bond acceptors (Lipinski definition) is 3. The Balaban J connectivity index is 1.96. The van der Waals surface area contributed by atoms with Gasteiger partial charge >= 0.3 is 0 Å². The first-order chi connectivity index (χ1) is 5.33. The second-order valence-electron chi connectivity index (χ2n) is 2.78. The van der Waals surface area contributed by atoms with Crippen molar-refractivity contribution < 1.29 is 0 Å². The largest absolute Gasteiger partial charge is 0.325 e.